The SMILES string of the molecule is CCC(=O)C(C[C@H](C)N(C)C)(c1ccccc1)c1ccccc1.Cl. The molecular formula is C21H28ClNO. The zero-order chi connectivity index (χ0) is 16.9. The van der Waals surface area contributed by atoms with E-state index in [1.807, 2.05) is 43.3 Å². The monoisotopic (exact) mass is 345 g/mol. The third-order valence-electron chi connectivity index (χ3n) is 4.81. The number of ketones is 1. The molecule has 0 saturated heterocycles. The lowest BCUT2D eigenvalue weighted by Crippen LogP contribution is -2.42. The van der Waals surface area contributed by atoms with Gasteiger partial charge in [0, 0.05) is 12.5 Å². The van der Waals surface area contributed by atoms with E-state index in [4.69, 9.17) is 0 Å². The molecule has 0 radical (unpaired) electrons. The Bertz CT molecular complexity index is 585. The van der Waals surface area contributed by atoms with Crippen molar-refractivity contribution in [1.82, 2.24) is 4.90 Å². The summed E-state index contributed by atoms with van der Waals surface area (Å²) in [5.74, 6) is 0.281. The second-order valence-corrected chi connectivity index (χ2v) is 6.43. The summed E-state index contributed by atoms with van der Waals surface area (Å²) < 4.78 is 0. The van der Waals surface area contributed by atoms with Gasteiger partial charge in [0.25, 0.3) is 0 Å². The summed E-state index contributed by atoms with van der Waals surface area (Å²) in [6.07, 6.45) is 1.31. The van der Waals surface area contributed by atoms with Gasteiger partial charge >= 0.3 is 0 Å². The number of carbonyl (C=O) groups is 1. The zero-order valence-electron chi connectivity index (χ0n) is 15.0. The third-order valence-corrected chi connectivity index (χ3v) is 4.81. The van der Waals surface area contributed by atoms with Crippen LogP contribution in [-0.4, -0.2) is 30.8 Å². The van der Waals surface area contributed by atoms with E-state index in [0.717, 1.165) is 17.5 Å². The Morgan fingerprint density at radius 1 is 0.958 bits per heavy atom. The molecule has 3 heteroatoms. The van der Waals surface area contributed by atoms with E-state index >= 15 is 0 Å². The summed E-state index contributed by atoms with van der Waals surface area (Å²) in [6, 6.07) is 20.7. The van der Waals surface area contributed by atoms with Gasteiger partial charge in [0.2, 0.25) is 0 Å². The van der Waals surface area contributed by atoms with E-state index in [2.05, 4.69) is 50.2 Å². The molecule has 130 valence electrons. The average molecular weight is 346 g/mol. The largest absolute Gasteiger partial charge is 0.307 e. The van der Waals surface area contributed by atoms with Gasteiger partial charge in [0.1, 0.15) is 5.78 Å². The molecule has 1 atom stereocenters. The van der Waals surface area contributed by atoms with Gasteiger partial charge in [-0.15, -0.1) is 12.4 Å². The lowest BCUT2D eigenvalue weighted by molar-refractivity contribution is -0.123. The first-order chi connectivity index (χ1) is 11.0. The summed E-state index contributed by atoms with van der Waals surface area (Å²) in [6.45, 7) is 4.15. The summed E-state index contributed by atoms with van der Waals surface area (Å²) in [7, 11) is 4.14. The normalized spacial score (nSPS) is 12.5. The highest BCUT2D eigenvalue weighted by atomic mass is 35.5. The summed E-state index contributed by atoms with van der Waals surface area (Å²) >= 11 is 0. The van der Waals surface area contributed by atoms with Gasteiger partial charge in [-0.2, -0.15) is 0 Å². The maximum Gasteiger partial charge on any atom is 0.147 e. The standard InChI is InChI=1S/C21H27NO.ClH/c1-5-20(23)21(16-17(2)22(3)4,18-12-8-6-9-13-18)19-14-10-7-11-15-19;/h6-15,17H,5,16H2,1-4H3;1H/t17-;/m0./s1. The van der Waals surface area contributed by atoms with Crippen LogP contribution in [0.1, 0.15) is 37.8 Å². The van der Waals surface area contributed by atoms with Crippen LogP contribution in [0.25, 0.3) is 0 Å². The smallest absolute Gasteiger partial charge is 0.147 e. The Morgan fingerprint density at radius 3 is 1.71 bits per heavy atom. The van der Waals surface area contributed by atoms with E-state index in [1.54, 1.807) is 0 Å². The van der Waals surface area contributed by atoms with Gasteiger partial charge in [0.15, 0.2) is 0 Å². The molecule has 2 rings (SSSR count). The van der Waals surface area contributed by atoms with Crippen molar-refractivity contribution < 1.29 is 4.79 Å². The van der Waals surface area contributed by atoms with Crippen molar-refractivity contribution in [3.8, 4) is 0 Å². The van der Waals surface area contributed by atoms with Crippen molar-refractivity contribution in [3.05, 3.63) is 71.8 Å². The van der Waals surface area contributed by atoms with Crippen LogP contribution in [0.5, 0.6) is 0 Å². The van der Waals surface area contributed by atoms with Crippen molar-refractivity contribution in [1.29, 1.82) is 0 Å². The minimum atomic E-state index is -0.582. The van der Waals surface area contributed by atoms with E-state index in [0.29, 0.717) is 12.5 Å². The Balaban J connectivity index is 0.00000288. The highest BCUT2D eigenvalue weighted by molar-refractivity contribution is 5.93. The van der Waals surface area contributed by atoms with Gasteiger partial charge in [0.05, 0.1) is 5.41 Å². The molecule has 0 heterocycles. The average Bonchev–Trinajstić information content (AvgIpc) is 2.60. The number of benzene rings is 2. The zero-order valence-corrected chi connectivity index (χ0v) is 15.8. The van der Waals surface area contributed by atoms with E-state index in [9.17, 15) is 4.79 Å². The van der Waals surface area contributed by atoms with E-state index in [-0.39, 0.29) is 18.2 Å². The lowest BCUT2D eigenvalue weighted by Gasteiger charge is -2.37. The van der Waals surface area contributed by atoms with Gasteiger partial charge in [-0.25, -0.2) is 0 Å². The molecule has 0 bridgehead atoms. The molecule has 0 amide bonds. The second-order valence-electron chi connectivity index (χ2n) is 6.43. The number of hydrogen-bond donors (Lipinski definition) is 0. The molecule has 0 aliphatic rings. The number of Topliss-reactive ketones (excluding diaryl/α,β-unsaturated/α-hetero) is 1. The van der Waals surface area contributed by atoms with Crippen molar-refractivity contribution in [3.63, 3.8) is 0 Å². The highest BCUT2D eigenvalue weighted by Crippen LogP contribution is 2.39. The predicted molar refractivity (Wildman–Crippen MR) is 104 cm³/mol. The van der Waals surface area contributed by atoms with Crippen molar-refractivity contribution in [2.45, 2.75) is 38.1 Å². The molecule has 2 aromatic carbocycles. The van der Waals surface area contributed by atoms with Crippen LogP contribution in [0.15, 0.2) is 60.7 Å². The fourth-order valence-corrected chi connectivity index (χ4v) is 3.21. The van der Waals surface area contributed by atoms with Crippen LogP contribution in [0.2, 0.25) is 0 Å². The molecule has 0 fully saturated rings. The van der Waals surface area contributed by atoms with Crippen molar-refractivity contribution in [2.24, 2.45) is 0 Å². The Morgan fingerprint density at radius 2 is 1.38 bits per heavy atom. The Hall–Kier alpha value is -1.64. The summed E-state index contributed by atoms with van der Waals surface area (Å²) in [5, 5.41) is 0. The molecule has 0 unspecified atom stereocenters. The first-order valence-corrected chi connectivity index (χ1v) is 8.33. The van der Waals surface area contributed by atoms with E-state index in [1.165, 1.54) is 0 Å². The third kappa shape index (κ3) is 4.06. The van der Waals surface area contributed by atoms with Gasteiger partial charge in [-0.1, -0.05) is 67.6 Å². The molecule has 0 aromatic heterocycles. The molecule has 0 spiro atoms. The number of nitrogens with zero attached hydrogens (tertiary/aromatic N) is 1. The van der Waals surface area contributed by atoms with Crippen LogP contribution >= 0.6 is 12.4 Å². The molecule has 0 saturated carbocycles. The fourth-order valence-electron chi connectivity index (χ4n) is 3.21. The molecule has 0 aliphatic heterocycles. The molecule has 0 N–H and O–H groups in total. The summed E-state index contributed by atoms with van der Waals surface area (Å²) in [5.41, 5.74) is 1.60. The highest BCUT2D eigenvalue weighted by Gasteiger charge is 2.41. The Kier molecular flexibility index (Phi) is 7.65. The van der Waals surface area contributed by atoms with Crippen LogP contribution in [0.4, 0.5) is 0 Å². The van der Waals surface area contributed by atoms with Crippen LogP contribution in [0, 0.1) is 0 Å². The predicted octanol–water partition coefficient (Wildman–Crippen LogP) is 4.71. The number of carbonyl (C=O) groups excluding carboxylic acids is 1. The van der Waals surface area contributed by atoms with Gasteiger partial charge in [-0.05, 0) is 38.6 Å². The van der Waals surface area contributed by atoms with E-state index < -0.39 is 5.41 Å². The number of rotatable bonds is 7. The topological polar surface area (TPSA) is 20.3 Å². The maximum absolute atomic E-state index is 13.2. The van der Waals surface area contributed by atoms with Crippen molar-refractivity contribution in [2.75, 3.05) is 14.1 Å². The lowest BCUT2D eigenvalue weighted by atomic mass is 9.67. The molecule has 2 nitrogen and oxygen atoms in total. The number of halogens is 1. The minimum Gasteiger partial charge on any atom is -0.307 e. The van der Waals surface area contributed by atoms with Crippen molar-refractivity contribution >= 4 is 18.2 Å². The maximum atomic E-state index is 13.2. The fraction of sp³-hybridized carbons (Fsp3) is 0.381. The molecule has 24 heavy (non-hydrogen) atoms. The van der Waals surface area contributed by atoms with Gasteiger partial charge < -0.3 is 4.90 Å². The quantitative estimate of drug-likeness (QED) is 0.724. The Labute approximate surface area is 152 Å². The van der Waals surface area contributed by atoms with Gasteiger partial charge in [-0.3, -0.25) is 4.79 Å². The first kappa shape index (κ1) is 20.4. The number of hydrogen-bond acceptors (Lipinski definition) is 2. The molecular weight excluding hydrogens is 318 g/mol. The van der Waals surface area contributed by atoms with Crippen LogP contribution in [-0.2, 0) is 10.2 Å². The van der Waals surface area contributed by atoms with Crippen LogP contribution < -0.4 is 0 Å². The second kappa shape index (κ2) is 9.00. The molecule has 2 aromatic rings. The minimum absolute atomic E-state index is 0. The first-order valence-electron chi connectivity index (χ1n) is 8.33. The molecule has 0 aliphatic carbocycles. The van der Waals surface area contributed by atoms with Crippen LogP contribution in [0.3, 0.4) is 0 Å². The summed E-state index contributed by atoms with van der Waals surface area (Å²) in [4.78, 5) is 15.4.